The molecule has 0 saturated carbocycles. The Labute approximate surface area is 196 Å². The molecule has 11 heteroatoms. The second-order valence-corrected chi connectivity index (χ2v) is 8.57. The summed E-state index contributed by atoms with van der Waals surface area (Å²) in [6.45, 7) is 4.56. The van der Waals surface area contributed by atoms with Crippen LogP contribution in [0, 0.1) is 13.8 Å². The number of amides is 1. The fourth-order valence-electron chi connectivity index (χ4n) is 3.05. The number of hydrogen-bond donors (Lipinski definition) is 1. The molecule has 8 nitrogen and oxygen atoms in total. The van der Waals surface area contributed by atoms with Crippen molar-refractivity contribution in [1.82, 2.24) is 29.3 Å². The van der Waals surface area contributed by atoms with Crippen molar-refractivity contribution in [3.8, 4) is 0 Å². The number of hydrogen-bond acceptors (Lipinski definition) is 4. The minimum atomic E-state index is -0.367. The Bertz CT molecular complexity index is 1260. The third-order valence-electron chi connectivity index (χ3n) is 4.68. The Balaban J connectivity index is 1.45. The van der Waals surface area contributed by atoms with Crippen LogP contribution in [0.4, 0.5) is 5.82 Å². The molecule has 0 radical (unpaired) electrons. The minimum absolute atomic E-state index is 0.264. The molecule has 31 heavy (non-hydrogen) atoms. The van der Waals surface area contributed by atoms with Crippen molar-refractivity contribution in [1.29, 1.82) is 0 Å². The van der Waals surface area contributed by atoms with Crippen LogP contribution in [-0.2, 0) is 13.2 Å². The lowest BCUT2D eigenvalue weighted by atomic mass is 10.2. The summed E-state index contributed by atoms with van der Waals surface area (Å²) in [6.07, 6.45) is 3.49. The van der Waals surface area contributed by atoms with Crippen molar-refractivity contribution in [2.75, 3.05) is 5.32 Å². The average Bonchev–Trinajstić information content (AvgIpc) is 3.40. The number of carbonyl (C=O) groups is 1. The van der Waals surface area contributed by atoms with E-state index >= 15 is 0 Å². The number of benzene rings is 1. The molecular weight excluding hydrogens is 505 g/mol. The van der Waals surface area contributed by atoms with E-state index in [1.807, 2.05) is 38.1 Å². The zero-order valence-electron chi connectivity index (χ0n) is 16.7. The molecular formula is C20H18BrCl2N7O. The van der Waals surface area contributed by atoms with E-state index < -0.39 is 0 Å². The predicted octanol–water partition coefficient (Wildman–Crippen LogP) is 4.77. The van der Waals surface area contributed by atoms with Crippen molar-refractivity contribution in [3.05, 3.63) is 79.9 Å². The van der Waals surface area contributed by atoms with Crippen LogP contribution in [0.25, 0.3) is 0 Å². The Kier molecular flexibility index (Phi) is 6.17. The van der Waals surface area contributed by atoms with Gasteiger partial charge in [0, 0.05) is 17.4 Å². The van der Waals surface area contributed by atoms with Gasteiger partial charge in [-0.1, -0.05) is 41.4 Å². The van der Waals surface area contributed by atoms with Gasteiger partial charge in [0.2, 0.25) is 0 Å². The van der Waals surface area contributed by atoms with Gasteiger partial charge in [-0.05, 0) is 47.5 Å². The van der Waals surface area contributed by atoms with E-state index in [0.717, 1.165) is 17.0 Å². The lowest BCUT2D eigenvalue weighted by molar-refractivity contribution is 0.102. The Morgan fingerprint density at radius 3 is 2.58 bits per heavy atom. The number of nitrogens with zero attached hydrogens (tertiary/aromatic N) is 6. The molecule has 0 spiro atoms. The fourth-order valence-corrected chi connectivity index (χ4v) is 3.79. The fraction of sp³-hybridized carbons (Fsp3) is 0.200. The number of aryl methyl sites for hydroxylation is 1. The molecule has 160 valence electrons. The zero-order valence-corrected chi connectivity index (χ0v) is 19.8. The van der Waals surface area contributed by atoms with Crippen LogP contribution in [0.3, 0.4) is 0 Å². The van der Waals surface area contributed by atoms with Gasteiger partial charge in [0.1, 0.15) is 6.67 Å². The standard InChI is InChI=1S/C20H18BrCl2N7O/c1-12-18(23)13(2)30(25-12)11-28-8-7-17(26-28)20(31)24-19-15(21)10-29(27-19)9-14-5-3-4-6-16(14)22/h3-8,10H,9,11H2,1-2H3,(H,24,27,31). The first kappa shape index (κ1) is 21.6. The molecule has 1 N–H and O–H groups in total. The number of anilines is 1. The number of carbonyl (C=O) groups excluding carboxylic acids is 1. The van der Waals surface area contributed by atoms with Crippen molar-refractivity contribution >= 4 is 50.9 Å². The first-order valence-corrected chi connectivity index (χ1v) is 10.9. The molecule has 0 atom stereocenters. The van der Waals surface area contributed by atoms with Gasteiger partial charge < -0.3 is 5.32 Å². The summed E-state index contributed by atoms with van der Waals surface area (Å²) in [5.74, 6) is 0.0331. The maximum Gasteiger partial charge on any atom is 0.277 e. The molecule has 4 aromatic rings. The van der Waals surface area contributed by atoms with E-state index in [9.17, 15) is 4.79 Å². The van der Waals surface area contributed by atoms with E-state index in [4.69, 9.17) is 23.2 Å². The zero-order chi connectivity index (χ0) is 22.1. The smallest absolute Gasteiger partial charge is 0.277 e. The number of rotatable bonds is 6. The Morgan fingerprint density at radius 1 is 1.10 bits per heavy atom. The normalized spacial score (nSPS) is 11.1. The molecule has 3 aromatic heterocycles. The summed E-state index contributed by atoms with van der Waals surface area (Å²) in [5.41, 5.74) is 2.79. The van der Waals surface area contributed by atoms with E-state index in [1.165, 1.54) is 0 Å². The highest BCUT2D eigenvalue weighted by Crippen LogP contribution is 2.23. The van der Waals surface area contributed by atoms with Gasteiger partial charge in [-0.15, -0.1) is 0 Å². The summed E-state index contributed by atoms with van der Waals surface area (Å²) in [7, 11) is 0. The van der Waals surface area contributed by atoms with Crippen LogP contribution in [0.15, 0.2) is 47.2 Å². The lowest BCUT2D eigenvalue weighted by Gasteiger charge is -2.05. The first-order chi connectivity index (χ1) is 14.8. The number of nitrogens with one attached hydrogen (secondary N) is 1. The van der Waals surface area contributed by atoms with Gasteiger partial charge in [0.25, 0.3) is 5.91 Å². The van der Waals surface area contributed by atoms with Crippen LogP contribution in [-0.4, -0.2) is 35.2 Å². The van der Waals surface area contributed by atoms with Gasteiger partial charge in [0.15, 0.2) is 11.5 Å². The quantitative estimate of drug-likeness (QED) is 0.395. The molecule has 4 rings (SSSR count). The third-order valence-corrected chi connectivity index (χ3v) is 6.18. The van der Waals surface area contributed by atoms with Crippen molar-refractivity contribution in [3.63, 3.8) is 0 Å². The summed E-state index contributed by atoms with van der Waals surface area (Å²) in [4.78, 5) is 12.7. The van der Waals surface area contributed by atoms with Crippen molar-refractivity contribution in [2.24, 2.45) is 0 Å². The molecule has 3 heterocycles. The van der Waals surface area contributed by atoms with E-state index in [2.05, 4.69) is 36.5 Å². The van der Waals surface area contributed by atoms with Crippen LogP contribution >= 0.6 is 39.1 Å². The highest BCUT2D eigenvalue weighted by Gasteiger charge is 2.16. The maximum absolute atomic E-state index is 12.7. The molecule has 0 fully saturated rings. The molecule has 0 aliphatic rings. The van der Waals surface area contributed by atoms with Gasteiger partial charge in [-0.25, -0.2) is 4.68 Å². The van der Waals surface area contributed by atoms with Gasteiger partial charge in [-0.2, -0.15) is 15.3 Å². The van der Waals surface area contributed by atoms with E-state index in [0.29, 0.717) is 33.5 Å². The number of halogens is 3. The molecule has 0 unspecified atom stereocenters. The largest absolute Gasteiger partial charge is 0.303 e. The SMILES string of the molecule is Cc1nn(Cn2ccc(C(=O)Nc3nn(Cc4ccccc4Cl)cc3Br)n2)c(C)c1Cl. The molecule has 0 bridgehead atoms. The van der Waals surface area contributed by atoms with Gasteiger partial charge in [-0.3, -0.25) is 14.2 Å². The predicted molar refractivity (Wildman–Crippen MR) is 123 cm³/mol. The van der Waals surface area contributed by atoms with Crippen molar-refractivity contribution < 1.29 is 4.79 Å². The summed E-state index contributed by atoms with van der Waals surface area (Å²) < 4.78 is 5.71. The van der Waals surface area contributed by atoms with Crippen molar-refractivity contribution in [2.45, 2.75) is 27.1 Å². The average molecular weight is 523 g/mol. The molecule has 1 amide bonds. The van der Waals surface area contributed by atoms with Crippen LogP contribution in [0.2, 0.25) is 10.0 Å². The van der Waals surface area contributed by atoms with Gasteiger partial charge in [0.05, 0.1) is 27.4 Å². The van der Waals surface area contributed by atoms with Crippen LogP contribution in [0.5, 0.6) is 0 Å². The van der Waals surface area contributed by atoms with E-state index in [-0.39, 0.29) is 11.6 Å². The molecule has 0 aliphatic heterocycles. The van der Waals surface area contributed by atoms with E-state index in [1.54, 1.807) is 32.5 Å². The molecule has 0 aliphatic carbocycles. The second kappa shape index (κ2) is 8.86. The maximum atomic E-state index is 12.7. The summed E-state index contributed by atoms with van der Waals surface area (Å²) in [6, 6.07) is 9.18. The van der Waals surface area contributed by atoms with Crippen LogP contribution < -0.4 is 5.32 Å². The summed E-state index contributed by atoms with van der Waals surface area (Å²) in [5, 5.41) is 17.2. The summed E-state index contributed by atoms with van der Waals surface area (Å²) >= 11 is 15.8. The molecule has 1 aromatic carbocycles. The molecule has 0 saturated heterocycles. The Morgan fingerprint density at radius 2 is 1.87 bits per heavy atom. The lowest BCUT2D eigenvalue weighted by Crippen LogP contribution is -2.16. The first-order valence-electron chi connectivity index (χ1n) is 9.32. The topological polar surface area (TPSA) is 82.6 Å². The number of aromatic nitrogens is 6. The second-order valence-electron chi connectivity index (χ2n) is 6.93. The monoisotopic (exact) mass is 521 g/mol. The Hall–Kier alpha value is -2.62. The van der Waals surface area contributed by atoms with Gasteiger partial charge >= 0.3 is 0 Å². The highest BCUT2D eigenvalue weighted by atomic mass is 79.9. The van der Waals surface area contributed by atoms with Crippen LogP contribution in [0.1, 0.15) is 27.4 Å². The third kappa shape index (κ3) is 4.68. The highest BCUT2D eigenvalue weighted by molar-refractivity contribution is 9.10. The minimum Gasteiger partial charge on any atom is -0.303 e.